The third-order valence-electron chi connectivity index (χ3n) is 1.21. The van der Waals surface area contributed by atoms with Gasteiger partial charge in [-0.05, 0) is 12.5 Å². The summed E-state index contributed by atoms with van der Waals surface area (Å²) in [5, 5.41) is 0. The van der Waals surface area contributed by atoms with E-state index in [0.717, 1.165) is 0 Å². The van der Waals surface area contributed by atoms with E-state index in [1.54, 1.807) is 0 Å². The maximum Gasteiger partial charge on any atom is 0.160 e. The highest BCUT2D eigenvalue weighted by Crippen LogP contribution is 2.19. The predicted octanol–water partition coefficient (Wildman–Crippen LogP) is 2.26. The van der Waals surface area contributed by atoms with Gasteiger partial charge in [-0.15, -0.1) is 11.3 Å². The second-order valence-electron chi connectivity index (χ2n) is 1.89. The van der Waals surface area contributed by atoms with Crippen LogP contribution in [0.4, 0.5) is 4.39 Å². The van der Waals surface area contributed by atoms with Crippen molar-refractivity contribution in [3.8, 4) is 0 Å². The standard InChI is InChI=1S/C7H7FOS/c1-2-7-6(8)3-5(4-9)10-7/h3-4H,2H2,1H3. The molecule has 0 fully saturated rings. The third kappa shape index (κ3) is 1.24. The van der Waals surface area contributed by atoms with Gasteiger partial charge in [0.1, 0.15) is 5.82 Å². The first-order chi connectivity index (χ1) is 4.77. The molecule has 0 radical (unpaired) electrons. The molecule has 0 saturated carbocycles. The lowest BCUT2D eigenvalue weighted by atomic mass is 10.3. The second-order valence-corrected chi connectivity index (χ2v) is 3.06. The molecular formula is C7H7FOS. The van der Waals surface area contributed by atoms with Crippen molar-refractivity contribution in [2.45, 2.75) is 13.3 Å². The van der Waals surface area contributed by atoms with Gasteiger partial charge in [0.2, 0.25) is 0 Å². The Kier molecular flexibility index (Phi) is 2.17. The van der Waals surface area contributed by atoms with Gasteiger partial charge in [0.05, 0.1) is 4.88 Å². The number of aldehydes is 1. The van der Waals surface area contributed by atoms with Crippen molar-refractivity contribution in [2.75, 3.05) is 0 Å². The minimum atomic E-state index is -0.255. The van der Waals surface area contributed by atoms with Gasteiger partial charge in [0, 0.05) is 4.88 Å². The van der Waals surface area contributed by atoms with Crippen LogP contribution in [0.1, 0.15) is 21.5 Å². The van der Waals surface area contributed by atoms with E-state index in [1.165, 1.54) is 17.4 Å². The zero-order valence-corrected chi connectivity index (χ0v) is 6.37. The Morgan fingerprint density at radius 3 is 2.80 bits per heavy atom. The summed E-state index contributed by atoms with van der Waals surface area (Å²) >= 11 is 1.22. The quantitative estimate of drug-likeness (QED) is 0.603. The third-order valence-corrected chi connectivity index (χ3v) is 2.39. The SMILES string of the molecule is CCc1sc(C=O)cc1F. The van der Waals surface area contributed by atoms with Crippen LogP contribution in [-0.2, 0) is 6.42 Å². The molecule has 10 heavy (non-hydrogen) atoms. The Morgan fingerprint density at radius 2 is 2.50 bits per heavy atom. The monoisotopic (exact) mass is 158 g/mol. The van der Waals surface area contributed by atoms with Gasteiger partial charge in [-0.25, -0.2) is 4.39 Å². The van der Waals surface area contributed by atoms with Gasteiger partial charge < -0.3 is 0 Å². The smallest absolute Gasteiger partial charge is 0.160 e. The van der Waals surface area contributed by atoms with Gasteiger partial charge in [-0.1, -0.05) is 6.92 Å². The molecule has 0 atom stereocenters. The first-order valence-electron chi connectivity index (χ1n) is 3.01. The number of hydrogen-bond acceptors (Lipinski definition) is 2. The molecule has 1 nitrogen and oxygen atoms in total. The van der Waals surface area contributed by atoms with Crippen LogP contribution in [0.5, 0.6) is 0 Å². The van der Waals surface area contributed by atoms with Gasteiger partial charge in [0.15, 0.2) is 6.29 Å². The molecule has 0 aliphatic carbocycles. The van der Waals surface area contributed by atoms with Gasteiger partial charge in [-0.2, -0.15) is 0 Å². The van der Waals surface area contributed by atoms with Crippen LogP contribution < -0.4 is 0 Å². The van der Waals surface area contributed by atoms with Gasteiger partial charge in [0.25, 0.3) is 0 Å². The topological polar surface area (TPSA) is 17.1 Å². The van der Waals surface area contributed by atoms with Crippen molar-refractivity contribution in [1.82, 2.24) is 0 Å². The van der Waals surface area contributed by atoms with E-state index in [1.807, 2.05) is 6.92 Å². The van der Waals surface area contributed by atoms with E-state index >= 15 is 0 Å². The van der Waals surface area contributed by atoms with E-state index in [0.29, 0.717) is 22.5 Å². The maximum atomic E-state index is 12.6. The van der Waals surface area contributed by atoms with Crippen molar-refractivity contribution in [2.24, 2.45) is 0 Å². The number of halogens is 1. The lowest BCUT2D eigenvalue weighted by Crippen LogP contribution is -1.74. The summed E-state index contributed by atoms with van der Waals surface area (Å²) < 4.78 is 12.6. The molecule has 0 aromatic carbocycles. The first-order valence-corrected chi connectivity index (χ1v) is 3.83. The van der Waals surface area contributed by atoms with Crippen molar-refractivity contribution in [3.63, 3.8) is 0 Å². The molecule has 0 aliphatic heterocycles. The highest BCUT2D eigenvalue weighted by Gasteiger charge is 2.04. The lowest BCUT2D eigenvalue weighted by molar-refractivity contribution is 0.112. The number of carbonyl (C=O) groups excluding carboxylic acids is 1. The van der Waals surface area contributed by atoms with Gasteiger partial charge in [-0.3, -0.25) is 4.79 Å². The molecule has 0 saturated heterocycles. The Morgan fingerprint density at radius 1 is 1.80 bits per heavy atom. The Balaban J connectivity index is 3.03. The minimum absolute atomic E-state index is 0.255. The summed E-state index contributed by atoms with van der Waals surface area (Å²) in [5.41, 5.74) is 0. The molecule has 0 spiro atoms. The highest BCUT2D eigenvalue weighted by atomic mass is 32.1. The summed E-state index contributed by atoms with van der Waals surface area (Å²) in [6.45, 7) is 1.86. The number of thiophene rings is 1. The van der Waals surface area contributed by atoms with E-state index in [4.69, 9.17) is 0 Å². The fraction of sp³-hybridized carbons (Fsp3) is 0.286. The normalized spacial score (nSPS) is 9.80. The van der Waals surface area contributed by atoms with Crippen molar-refractivity contribution in [1.29, 1.82) is 0 Å². The Hall–Kier alpha value is -0.700. The fourth-order valence-electron chi connectivity index (χ4n) is 0.725. The van der Waals surface area contributed by atoms with Crippen LogP contribution >= 0.6 is 11.3 Å². The largest absolute Gasteiger partial charge is 0.297 e. The number of hydrogen-bond donors (Lipinski definition) is 0. The van der Waals surface area contributed by atoms with Gasteiger partial charge >= 0.3 is 0 Å². The molecule has 1 rings (SSSR count). The zero-order chi connectivity index (χ0) is 7.56. The molecule has 0 amide bonds. The van der Waals surface area contributed by atoms with Crippen molar-refractivity contribution >= 4 is 17.6 Å². The zero-order valence-electron chi connectivity index (χ0n) is 5.56. The molecule has 1 aromatic rings. The van der Waals surface area contributed by atoms with Crippen LogP contribution in [0.3, 0.4) is 0 Å². The first kappa shape index (κ1) is 7.41. The highest BCUT2D eigenvalue weighted by molar-refractivity contribution is 7.13. The van der Waals surface area contributed by atoms with Crippen LogP contribution in [0.25, 0.3) is 0 Å². The summed E-state index contributed by atoms with van der Waals surface area (Å²) in [6, 6.07) is 1.27. The molecular weight excluding hydrogens is 151 g/mol. The molecule has 3 heteroatoms. The molecule has 0 N–H and O–H groups in total. The fourth-order valence-corrected chi connectivity index (χ4v) is 1.52. The number of carbonyl (C=O) groups is 1. The second kappa shape index (κ2) is 2.92. The van der Waals surface area contributed by atoms with E-state index in [9.17, 15) is 9.18 Å². The molecule has 1 heterocycles. The van der Waals surface area contributed by atoms with E-state index in [2.05, 4.69) is 0 Å². The van der Waals surface area contributed by atoms with Crippen LogP contribution in [0.2, 0.25) is 0 Å². The summed E-state index contributed by atoms with van der Waals surface area (Å²) in [7, 11) is 0. The van der Waals surface area contributed by atoms with E-state index < -0.39 is 0 Å². The Bertz CT molecular complexity index is 242. The van der Waals surface area contributed by atoms with Crippen molar-refractivity contribution in [3.05, 3.63) is 21.6 Å². The average Bonchev–Trinajstić information content (AvgIpc) is 2.30. The predicted molar refractivity (Wildman–Crippen MR) is 39.0 cm³/mol. The van der Waals surface area contributed by atoms with Crippen LogP contribution in [0.15, 0.2) is 6.07 Å². The van der Waals surface area contributed by atoms with Crippen LogP contribution in [0, 0.1) is 5.82 Å². The Labute approximate surface area is 62.5 Å². The molecule has 0 bridgehead atoms. The lowest BCUT2D eigenvalue weighted by Gasteiger charge is -1.84. The molecule has 54 valence electrons. The number of rotatable bonds is 2. The van der Waals surface area contributed by atoms with Crippen LogP contribution in [-0.4, -0.2) is 6.29 Å². The molecule has 0 unspecified atom stereocenters. The van der Waals surface area contributed by atoms with Crippen molar-refractivity contribution < 1.29 is 9.18 Å². The molecule has 0 aliphatic rings. The summed E-state index contributed by atoms with van der Waals surface area (Å²) in [4.78, 5) is 11.3. The number of aryl methyl sites for hydroxylation is 1. The minimum Gasteiger partial charge on any atom is -0.297 e. The average molecular weight is 158 g/mol. The summed E-state index contributed by atoms with van der Waals surface area (Å²) in [5.74, 6) is -0.255. The summed E-state index contributed by atoms with van der Waals surface area (Å²) in [6.07, 6.45) is 1.33. The van der Waals surface area contributed by atoms with E-state index in [-0.39, 0.29) is 5.82 Å². The molecule has 1 aromatic heterocycles. The maximum absolute atomic E-state index is 12.6.